The van der Waals surface area contributed by atoms with Gasteiger partial charge < -0.3 is 9.88 Å². The summed E-state index contributed by atoms with van der Waals surface area (Å²) in [6.07, 6.45) is 10.2. The lowest BCUT2D eigenvalue weighted by molar-refractivity contribution is 0.576. The number of likely N-dealkylation sites (N-methyl/N-ethyl adjacent to an activating group) is 1. The molecule has 21 heavy (non-hydrogen) atoms. The van der Waals surface area contributed by atoms with Gasteiger partial charge in [0, 0.05) is 23.6 Å². The van der Waals surface area contributed by atoms with Crippen LogP contribution in [0, 0.1) is 0 Å². The summed E-state index contributed by atoms with van der Waals surface area (Å²) in [5.41, 5.74) is 2.89. The second-order valence-electron chi connectivity index (χ2n) is 5.88. The molecule has 0 atom stereocenters. The molecule has 0 spiro atoms. The first-order valence-corrected chi connectivity index (χ1v) is 8.64. The Morgan fingerprint density at radius 1 is 1.00 bits per heavy atom. The van der Waals surface area contributed by atoms with E-state index in [0.29, 0.717) is 0 Å². The maximum absolute atomic E-state index is 3.43. The molecule has 0 aliphatic carbocycles. The number of aromatic nitrogens is 1. The molecule has 1 heterocycles. The molecule has 0 fully saturated rings. The highest BCUT2D eigenvalue weighted by Gasteiger charge is 2.07. The Bertz CT molecular complexity index is 527. The molecular weight excluding hydrogens is 256 g/mol. The zero-order chi connectivity index (χ0) is 14.9. The number of nitrogens with one attached hydrogen (secondary N) is 1. The van der Waals surface area contributed by atoms with Gasteiger partial charge >= 0.3 is 0 Å². The van der Waals surface area contributed by atoms with Crippen LogP contribution in [0.1, 0.15) is 51.5 Å². The van der Waals surface area contributed by atoms with Gasteiger partial charge in [-0.2, -0.15) is 0 Å². The van der Waals surface area contributed by atoms with E-state index in [0.717, 1.165) is 26.1 Å². The van der Waals surface area contributed by atoms with Crippen LogP contribution >= 0.6 is 0 Å². The van der Waals surface area contributed by atoms with Gasteiger partial charge in [0.2, 0.25) is 0 Å². The lowest BCUT2D eigenvalue weighted by Crippen LogP contribution is -2.15. The van der Waals surface area contributed by atoms with Crippen molar-refractivity contribution in [3.63, 3.8) is 0 Å². The van der Waals surface area contributed by atoms with Crippen LogP contribution in [-0.2, 0) is 13.0 Å². The van der Waals surface area contributed by atoms with E-state index in [2.05, 4.69) is 54.2 Å². The molecule has 1 aromatic carbocycles. The van der Waals surface area contributed by atoms with Gasteiger partial charge in [0.15, 0.2) is 0 Å². The van der Waals surface area contributed by atoms with Crippen molar-refractivity contribution in [3.8, 4) is 0 Å². The van der Waals surface area contributed by atoms with E-state index in [1.165, 1.54) is 48.6 Å². The summed E-state index contributed by atoms with van der Waals surface area (Å²) in [5, 5.41) is 4.86. The highest BCUT2D eigenvalue weighted by Crippen LogP contribution is 2.22. The molecule has 0 saturated heterocycles. The quantitative estimate of drug-likeness (QED) is 0.623. The van der Waals surface area contributed by atoms with Crippen LogP contribution in [-0.4, -0.2) is 17.7 Å². The van der Waals surface area contributed by atoms with Crippen molar-refractivity contribution in [1.29, 1.82) is 0 Å². The minimum Gasteiger partial charge on any atom is -0.347 e. The van der Waals surface area contributed by atoms with Crippen molar-refractivity contribution in [2.45, 2.75) is 58.9 Å². The molecule has 0 saturated carbocycles. The molecule has 0 aliphatic rings. The Labute approximate surface area is 129 Å². The summed E-state index contributed by atoms with van der Waals surface area (Å²) in [7, 11) is 0. The summed E-state index contributed by atoms with van der Waals surface area (Å²) >= 11 is 0. The third-order valence-corrected chi connectivity index (χ3v) is 4.19. The van der Waals surface area contributed by atoms with Crippen molar-refractivity contribution in [3.05, 3.63) is 36.0 Å². The smallest absolute Gasteiger partial charge is 0.0483 e. The van der Waals surface area contributed by atoms with Crippen molar-refractivity contribution < 1.29 is 0 Å². The van der Waals surface area contributed by atoms with E-state index in [4.69, 9.17) is 0 Å². The van der Waals surface area contributed by atoms with Gasteiger partial charge in [-0.25, -0.2) is 0 Å². The van der Waals surface area contributed by atoms with Crippen molar-refractivity contribution in [2.24, 2.45) is 0 Å². The number of benzene rings is 1. The van der Waals surface area contributed by atoms with E-state index in [1.807, 2.05) is 0 Å². The molecule has 1 N–H and O–H groups in total. The molecule has 116 valence electrons. The lowest BCUT2D eigenvalue weighted by atomic mass is 10.1. The van der Waals surface area contributed by atoms with Gasteiger partial charge in [0.25, 0.3) is 0 Å². The molecule has 2 heteroatoms. The number of nitrogens with zero attached hydrogens (tertiary/aromatic N) is 1. The van der Waals surface area contributed by atoms with Crippen LogP contribution in [0.4, 0.5) is 0 Å². The standard InChI is InChI=1S/C19H30N2/c1-3-5-6-7-10-15-21-16-17(13-14-20-4-2)18-11-8-9-12-19(18)21/h8-9,11-12,16,20H,3-7,10,13-15H2,1-2H3. The summed E-state index contributed by atoms with van der Waals surface area (Å²) < 4.78 is 2.46. The Balaban J connectivity index is 2.01. The molecule has 0 aliphatic heterocycles. The predicted molar refractivity (Wildman–Crippen MR) is 92.9 cm³/mol. The van der Waals surface area contributed by atoms with E-state index in [1.54, 1.807) is 0 Å². The third-order valence-electron chi connectivity index (χ3n) is 4.19. The van der Waals surface area contributed by atoms with Crippen molar-refractivity contribution in [2.75, 3.05) is 13.1 Å². The molecule has 2 aromatic rings. The maximum atomic E-state index is 3.43. The van der Waals surface area contributed by atoms with Crippen molar-refractivity contribution >= 4 is 10.9 Å². The second kappa shape index (κ2) is 8.89. The lowest BCUT2D eigenvalue weighted by Gasteiger charge is -2.05. The number of hydrogen-bond donors (Lipinski definition) is 1. The number of unbranched alkanes of at least 4 members (excludes halogenated alkanes) is 4. The number of para-hydroxylation sites is 1. The Hall–Kier alpha value is -1.28. The minimum absolute atomic E-state index is 1.05. The highest BCUT2D eigenvalue weighted by molar-refractivity contribution is 5.84. The van der Waals surface area contributed by atoms with E-state index < -0.39 is 0 Å². The fraction of sp³-hybridized carbons (Fsp3) is 0.579. The third kappa shape index (κ3) is 4.60. The first-order chi connectivity index (χ1) is 10.4. The van der Waals surface area contributed by atoms with Gasteiger partial charge in [0.1, 0.15) is 0 Å². The monoisotopic (exact) mass is 286 g/mol. The summed E-state index contributed by atoms with van der Waals surface area (Å²) in [4.78, 5) is 0. The van der Waals surface area contributed by atoms with Crippen LogP contribution in [0.3, 0.4) is 0 Å². The van der Waals surface area contributed by atoms with Gasteiger partial charge in [-0.1, -0.05) is 57.7 Å². The topological polar surface area (TPSA) is 17.0 Å². The highest BCUT2D eigenvalue weighted by atomic mass is 15.0. The van der Waals surface area contributed by atoms with Gasteiger partial charge in [-0.15, -0.1) is 0 Å². The van der Waals surface area contributed by atoms with Crippen LogP contribution in [0.5, 0.6) is 0 Å². The predicted octanol–water partition coefficient (Wildman–Crippen LogP) is 4.76. The number of rotatable bonds is 10. The second-order valence-corrected chi connectivity index (χ2v) is 5.88. The van der Waals surface area contributed by atoms with E-state index in [-0.39, 0.29) is 0 Å². The summed E-state index contributed by atoms with van der Waals surface area (Å²) in [6.45, 7) is 7.72. The first kappa shape index (κ1) is 16.1. The van der Waals surface area contributed by atoms with Crippen molar-refractivity contribution in [1.82, 2.24) is 9.88 Å². The zero-order valence-corrected chi connectivity index (χ0v) is 13.7. The zero-order valence-electron chi connectivity index (χ0n) is 13.7. The SMILES string of the molecule is CCCCCCCn1cc(CCNCC)c2ccccc21. The Morgan fingerprint density at radius 2 is 1.81 bits per heavy atom. The van der Waals surface area contributed by atoms with E-state index >= 15 is 0 Å². The van der Waals surface area contributed by atoms with E-state index in [9.17, 15) is 0 Å². The average molecular weight is 286 g/mol. The number of aryl methyl sites for hydroxylation is 1. The van der Waals surface area contributed by atoms with Crippen LogP contribution < -0.4 is 5.32 Å². The molecule has 1 aromatic heterocycles. The van der Waals surface area contributed by atoms with Gasteiger partial charge in [-0.3, -0.25) is 0 Å². The van der Waals surface area contributed by atoms with Crippen LogP contribution in [0.15, 0.2) is 30.5 Å². The van der Waals surface area contributed by atoms with Gasteiger partial charge in [0.05, 0.1) is 0 Å². The fourth-order valence-corrected chi connectivity index (χ4v) is 2.99. The largest absolute Gasteiger partial charge is 0.347 e. The molecule has 2 nitrogen and oxygen atoms in total. The molecule has 0 amide bonds. The van der Waals surface area contributed by atoms with Gasteiger partial charge in [-0.05, 0) is 37.6 Å². The molecular formula is C19H30N2. The number of hydrogen-bond acceptors (Lipinski definition) is 1. The van der Waals surface area contributed by atoms with Crippen LogP contribution in [0.2, 0.25) is 0 Å². The Kier molecular flexibility index (Phi) is 6.81. The summed E-state index contributed by atoms with van der Waals surface area (Å²) in [5.74, 6) is 0. The maximum Gasteiger partial charge on any atom is 0.0483 e. The molecule has 0 bridgehead atoms. The number of fused-ring (bicyclic) bond motifs is 1. The average Bonchev–Trinajstić information content (AvgIpc) is 2.86. The summed E-state index contributed by atoms with van der Waals surface area (Å²) in [6, 6.07) is 8.84. The fourth-order valence-electron chi connectivity index (χ4n) is 2.99. The minimum atomic E-state index is 1.05. The Morgan fingerprint density at radius 3 is 2.62 bits per heavy atom. The van der Waals surface area contributed by atoms with Crippen LogP contribution in [0.25, 0.3) is 10.9 Å². The molecule has 0 radical (unpaired) electrons. The first-order valence-electron chi connectivity index (χ1n) is 8.64. The molecule has 2 rings (SSSR count). The normalized spacial score (nSPS) is 11.3. The molecule has 0 unspecified atom stereocenters.